The molecule has 2 aromatic heterocycles. The first-order chi connectivity index (χ1) is 7.63. The fourth-order valence-corrected chi connectivity index (χ4v) is 2.09. The Bertz CT molecular complexity index is 469. The average molecular weight is 286 g/mol. The fraction of sp³-hybridized carbons (Fsp3) is 0.375. The first kappa shape index (κ1) is 11.2. The number of hydrazine groups is 1. The Morgan fingerprint density at radius 1 is 1.50 bits per heavy atom. The molecule has 0 saturated heterocycles. The minimum Gasteiger partial charge on any atom is -0.340 e. The topological polar surface area (TPSA) is 86.6 Å². The maximum Gasteiger partial charge on any atom is 0.153 e. The Kier molecular flexibility index (Phi) is 3.03. The number of rotatable bonds is 3. The van der Waals surface area contributed by atoms with E-state index in [2.05, 4.69) is 36.7 Å². The van der Waals surface area contributed by atoms with Crippen molar-refractivity contribution in [3.8, 4) is 0 Å². The minimum atomic E-state index is -0.240. The molecule has 3 N–H and O–H groups in total. The molecule has 16 heavy (non-hydrogen) atoms. The maximum atomic E-state index is 5.55. The normalized spacial score (nSPS) is 13.0. The maximum absolute atomic E-state index is 5.55. The molecule has 2 aromatic rings. The van der Waals surface area contributed by atoms with Crippen molar-refractivity contribution in [3.63, 3.8) is 0 Å². The van der Waals surface area contributed by atoms with E-state index in [1.165, 1.54) is 0 Å². The van der Waals surface area contributed by atoms with E-state index in [9.17, 15) is 0 Å². The molecule has 0 bridgehead atoms. The number of nitrogens with zero attached hydrogens (tertiary/aromatic N) is 5. The molecule has 86 valence electrons. The van der Waals surface area contributed by atoms with Crippen molar-refractivity contribution in [2.75, 3.05) is 0 Å². The van der Waals surface area contributed by atoms with Crippen molar-refractivity contribution < 1.29 is 0 Å². The third-order valence-electron chi connectivity index (χ3n) is 2.29. The summed E-state index contributed by atoms with van der Waals surface area (Å²) in [6.45, 7) is 0. The van der Waals surface area contributed by atoms with Crippen molar-refractivity contribution in [3.05, 3.63) is 28.5 Å². The third-order valence-corrected chi connectivity index (χ3v) is 2.85. The van der Waals surface area contributed by atoms with Gasteiger partial charge in [-0.1, -0.05) is 5.21 Å². The van der Waals surface area contributed by atoms with E-state index in [0.717, 1.165) is 11.4 Å². The predicted octanol–water partition coefficient (Wildman–Crippen LogP) is -0.136. The summed E-state index contributed by atoms with van der Waals surface area (Å²) in [5.41, 5.74) is 4.36. The summed E-state index contributed by atoms with van der Waals surface area (Å²) in [6.07, 6.45) is 3.61. The molecule has 0 aliphatic rings. The molecule has 2 heterocycles. The zero-order chi connectivity index (χ0) is 11.7. The molecular weight excluding hydrogens is 274 g/mol. The van der Waals surface area contributed by atoms with Gasteiger partial charge in [0.05, 0.1) is 17.7 Å². The van der Waals surface area contributed by atoms with Crippen LogP contribution in [0, 0.1) is 0 Å². The molecule has 7 nitrogen and oxygen atoms in total. The van der Waals surface area contributed by atoms with Crippen molar-refractivity contribution in [1.29, 1.82) is 0 Å². The van der Waals surface area contributed by atoms with Crippen LogP contribution in [0.15, 0.2) is 17.1 Å². The molecule has 2 rings (SSSR count). The number of aryl methyl sites for hydroxylation is 2. The van der Waals surface area contributed by atoms with Crippen LogP contribution in [-0.4, -0.2) is 24.5 Å². The standard InChI is InChI=1S/C8H12BrN7/c1-15-3-5(11-4-15)6(12-10)7-8(9)13-14-16(7)2/h3-4,6,12H,10H2,1-2H3. The molecule has 8 heteroatoms. The van der Waals surface area contributed by atoms with Gasteiger partial charge in [-0.05, 0) is 15.9 Å². The van der Waals surface area contributed by atoms with Gasteiger partial charge < -0.3 is 4.57 Å². The van der Waals surface area contributed by atoms with Crippen molar-refractivity contribution in [2.24, 2.45) is 19.9 Å². The monoisotopic (exact) mass is 285 g/mol. The van der Waals surface area contributed by atoms with E-state index in [4.69, 9.17) is 5.84 Å². The number of hydrogen-bond acceptors (Lipinski definition) is 5. The smallest absolute Gasteiger partial charge is 0.153 e. The number of hydrogen-bond donors (Lipinski definition) is 2. The van der Waals surface area contributed by atoms with Crippen LogP contribution in [-0.2, 0) is 14.1 Å². The third kappa shape index (κ3) is 1.86. The zero-order valence-electron chi connectivity index (χ0n) is 8.92. The second-order valence-electron chi connectivity index (χ2n) is 3.45. The van der Waals surface area contributed by atoms with Gasteiger partial charge in [-0.15, -0.1) is 5.10 Å². The number of nitrogens with two attached hydrogens (primary N) is 1. The molecule has 0 saturated carbocycles. The molecule has 1 atom stereocenters. The number of imidazole rings is 1. The van der Waals surface area contributed by atoms with Gasteiger partial charge in [0.25, 0.3) is 0 Å². The summed E-state index contributed by atoms with van der Waals surface area (Å²) < 4.78 is 4.17. The van der Waals surface area contributed by atoms with Gasteiger partial charge in [-0.3, -0.25) is 5.84 Å². The summed E-state index contributed by atoms with van der Waals surface area (Å²) in [4.78, 5) is 4.26. The second kappa shape index (κ2) is 4.32. The quantitative estimate of drug-likeness (QED) is 0.606. The Balaban J connectivity index is 2.44. The van der Waals surface area contributed by atoms with Crippen LogP contribution in [0.5, 0.6) is 0 Å². The summed E-state index contributed by atoms with van der Waals surface area (Å²) in [7, 11) is 3.71. The van der Waals surface area contributed by atoms with Crippen LogP contribution in [0.4, 0.5) is 0 Å². The van der Waals surface area contributed by atoms with Crippen LogP contribution in [0.1, 0.15) is 17.4 Å². The van der Waals surface area contributed by atoms with Crippen LogP contribution >= 0.6 is 15.9 Å². The lowest BCUT2D eigenvalue weighted by molar-refractivity contribution is 0.560. The van der Waals surface area contributed by atoms with Gasteiger partial charge in [-0.25, -0.2) is 15.1 Å². The van der Waals surface area contributed by atoms with Gasteiger partial charge in [0, 0.05) is 20.3 Å². The largest absolute Gasteiger partial charge is 0.340 e. The Morgan fingerprint density at radius 3 is 2.69 bits per heavy atom. The first-order valence-electron chi connectivity index (χ1n) is 4.62. The molecule has 1 unspecified atom stereocenters. The van der Waals surface area contributed by atoms with Crippen LogP contribution in [0.3, 0.4) is 0 Å². The lowest BCUT2D eigenvalue weighted by Gasteiger charge is -2.13. The van der Waals surface area contributed by atoms with E-state index < -0.39 is 0 Å². The van der Waals surface area contributed by atoms with Gasteiger partial charge in [0.2, 0.25) is 0 Å². The van der Waals surface area contributed by atoms with E-state index in [1.54, 1.807) is 18.1 Å². The summed E-state index contributed by atoms with van der Waals surface area (Å²) in [5, 5.41) is 7.82. The first-order valence-corrected chi connectivity index (χ1v) is 5.42. The lowest BCUT2D eigenvalue weighted by atomic mass is 10.2. The summed E-state index contributed by atoms with van der Waals surface area (Å²) >= 11 is 3.34. The Hall–Kier alpha value is -1.25. The van der Waals surface area contributed by atoms with E-state index in [-0.39, 0.29) is 6.04 Å². The molecular formula is C8H12BrN7. The molecule has 0 radical (unpaired) electrons. The van der Waals surface area contributed by atoms with Crippen LogP contribution in [0.25, 0.3) is 0 Å². The number of halogens is 1. The van der Waals surface area contributed by atoms with Crippen molar-refractivity contribution in [2.45, 2.75) is 6.04 Å². The Labute approximate surface area is 101 Å². The van der Waals surface area contributed by atoms with Gasteiger partial charge in [0.15, 0.2) is 4.60 Å². The Morgan fingerprint density at radius 2 is 2.25 bits per heavy atom. The van der Waals surface area contributed by atoms with E-state index >= 15 is 0 Å². The number of nitrogens with one attached hydrogen (secondary N) is 1. The highest BCUT2D eigenvalue weighted by Crippen LogP contribution is 2.24. The zero-order valence-corrected chi connectivity index (χ0v) is 10.5. The molecule has 0 amide bonds. The second-order valence-corrected chi connectivity index (χ2v) is 4.20. The van der Waals surface area contributed by atoms with Crippen LogP contribution < -0.4 is 11.3 Å². The highest BCUT2D eigenvalue weighted by Gasteiger charge is 2.22. The van der Waals surface area contributed by atoms with Gasteiger partial charge in [-0.2, -0.15) is 0 Å². The van der Waals surface area contributed by atoms with Gasteiger partial charge >= 0.3 is 0 Å². The fourth-order valence-electron chi connectivity index (χ4n) is 1.53. The molecule has 0 spiro atoms. The van der Waals surface area contributed by atoms with E-state index in [1.807, 2.05) is 17.8 Å². The highest BCUT2D eigenvalue weighted by atomic mass is 79.9. The number of aromatic nitrogens is 5. The lowest BCUT2D eigenvalue weighted by Crippen LogP contribution is -2.31. The molecule has 0 fully saturated rings. The average Bonchev–Trinajstić information content (AvgIpc) is 2.80. The summed E-state index contributed by atoms with van der Waals surface area (Å²) in [6, 6.07) is -0.240. The highest BCUT2D eigenvalue weighted by molar-refractivity contribution is 9.10. The predicted molar refractivity (Wildman–Crippen MR) is 61.1 cm³/mol. The van der Waals surface area contributed by atoms with E-state index in [0.29, 0.717) is 4.60 Å². The molecule has 0 aliphatic heterocycles. The van der Waals surface area contributed by atoms with Gasteiger partial charge in [0.1, 0.15) is 6.04 Å². The van der Waals surface area contributed by atoms with Crippen molar-refractivity contribution in [1.82, 2.24) is 30.0 Å². The SMILES string of the molecule is Cn1cnc(C(NN)c2c(Br)nnn2C)c1. The molecule has 0 aliphatic carbocycles. The van der Waals surface area contributed by atoms with Crippen molar-refractivity contribution >= 4 is 15.9 Å². The van der Waals surface area contributed by atoms with Crippen LogP contribution in [0.2, 0.25) is 0 Å². The molecule has 0 aromatic carbocycles. The summed E-state index contributed by atoms with van der Waals surface area (Å²) in [5.74, 6) is 5.55. The minimum absolute atomic E-state index is 0.240.